The van der Waals surface area contributed by atoms with Crippen LogP contribution in [0.5, 0.6) is 0 Å². The first-order valence-corrected chi connectivity index (χ1v) is 9.09. The molecule has 0 atom stereocenters. The van der Waals surface area contributed by atoms with Crippen LogP contribution in [0.3, 0.4) is 0 Å². The van der Waals surface area contributed by atoms with E-state index in [0.29, 0.717) is 28.5 Å². The standard InChI is InChI=1S/C16H18ClN5OS/c1-4-22-14(10(2)3)19-21-16(22)24-9-13-18-20-15(23-13)11-5-7-12(17)8-6-11/h5-8,10H,4,9H2,1-3H3. The lowest BCUT2D eigenvalue weighted by atomic mass is 10.2. The number of aromatic nitrogens is 5. The van der Waals surface area contributed by atoms with Gasteiger partial charge in [0.1, 0.15) is 5.82 Å². The average molecular weight is 364 g/mol. The van der Waals surface area contributed by atoms with Gasteiger partial charge in [-0.3, -0.25) is 0 Å². The van der Waals surface area contributed by atoms with Crippen molar-refractivity contribution in [3.63, 3.8) is 0 Å². The summed E-state index contributed by atoms with van der Waals surface area (Å²) in [5.41, 5.74) is 0.849. The molecule has 0 saturated carbocycles. The first-order chi connectivity index (χ1) is 11.6. The molecule has 0 N–H and O–H groups in total. The average Bonchev–Trinajstić information content (AvgIpc) is 3.20. The quantitative estimate of drug-likeness (QED) is 0.604. The Kier molecular flexibility index (Phi) is 5.20. The molecule has 3 rings (SSSR count). The third-order valence-electron chi connectivity index (χ3n) is 3.46. The number of benzene rings is 1. The number of hydrogen-bond donors (Lipinski definition) is 0. The van der Waals surface area contributed by atoms with E-state index in [2.05, 4.69) is 45.7 Å². The lowest BCUT2D eigenvalue weighted by molar-refractivity contribution is 0.528. The van der Waals surface area contributed by atoms with Crippen molar-refractivity contribution >= 4 is 23.4 Å². The van der Waals surface area contributed by atoms with Crippen molar-refractivity contribution in [1.29, 1.82) is 0 Å². The Morgan fingerprint density at radius 1 is 1.12 bits per heavy atom. The van der Waals surface area contributed by atoms with E-state index in [1.807, 2.05) is 12.1 Å². The van der Waals surface area contributed by atoms with Gasteiger partial charge in [-0.05, 0) is 31.2 Å². The molecule has 0 bridgehead atoms. The number of hydrogen-bond acceptors (Lipinski definition) is 6. The fourth-order valence-corrected chi connectivity index (χ4v) is 3.25. The Balaban J connectivity index is 1.71. The van der Waals surface area contributed by atoms with Gasteiger partial charge >= 0.3 is 0 Å². The van der Waals surface area contributed by atoms with Gasteiger partial charge in [0, 0.05) is 23.0 Å². The maximum absolute atomic E-state index is 5.89. The van der Waals surface area contributed by atoms with E-state index in [0.717, 1.165) is 23.1 Å². The molecule has 2 aromatic heterocycles. The van der Waals surface area contributed by atoms with Crippen LogP contribution in [0.15, 0.2) is 33.8 Å². The molecular weight excluding hydrogens is 346 g/mol. The third kappa shape index (κ3) is 3.62. The molecule has 1 aromatic carbocycles. The minimum atomic E-state index is 0.340. The molecule has 0 aliphatic carbocycles. The topological polar surface area (TPSA) is 69.6 Å². The summed E-state index contributed by atoms with van der Waals surface area (Å²) >= 11 is 7.44. The van der Waals surface area contributed by atoms with Gasteiger partial charge in [0.2, 0.25) is 11.8 Å². The Hall–Kier alpha value is -1.86. The Bertz CT molecular complexity index is 812. The minimum Gasteiger partial charge on any atom is -0.420 e. The van der Waals surface area contributed by atoms with E-state index in [9.17, 15) is 0 Å². The minimum absolute atomic E-state index is 0.340. The zero-order valence-electron chi connectivity index (χ0n) is 13.7. The summed E-state index contributed by atoms with van der Waals surface area (Å²) in [5, 5.41) is 18.3. The fourth-order valence-electron chi connectivity index (χ4n) is 2.28. The summed E-state index contributed by atoms with van der Waals surface area (Å²) in [6.07, 6.45) is 0. The normalized spacial score (nSPS) is 11.4. The number of thioether (sulfide) groups is 1. The van der Waals surface area contributed by atoms with Gasteiger partial charge in [0.25, 0.3) is 0 Å². The Morgan fingerprint density at radius 3 is 2.54 bits per heavy atom. The van der Waals surface area contributed by atoms with E-state index < -0.39 is 0 Å². The summed E-state index contributed by atoms with van der Waals surface area (Å²) in [5.74, 6) is 2.93. The SMILES string of the molecule is CCn1c(SCc2nnc(-c3ccc(Cl)cc3)o2)nnc1C(C)C. The lowest BCUT2D eigenvalue weighted by Gasteiger charge is -2.08. The molecule has 2 heterocycles. The van der Waals surface area contributed by atoms with Crippen LogP contribution in [0.4, 0.5) is 0 Å². The maximum Gasteiger partial charge on any atom is 0.247 e. The summed E-state index contributed by atoms with van der Waals surface area (Å²) in [6, 6.07) is 7.31. The van der Waals surface area contributed by atoms with Crippen LogP contribution in [0.25, 0.3) is 11.5 Å². The largest absolute Gasteiger partial charge is 0.420 e. The monoisotopic (exact) mass is 363 g/mol. The molecule has 0 radical (unpaired) electrons. The summed E-state index contributed by atoms with van der Waals surface area (Å²) in [6.45, 7) is 7.15. The van der Waals surface area contributed by atoms with Crippen molar-refractivity contribution in [3.05, 3.63) is 41.0 Å². The van der Waals surface area contributed by atoms with E-state index in [4.69, 9.17) is 16.0 Å². The van der Waals surface area contributed by atoms with Crippen LogP contribution in [-0.2, 0) is 12.3 Å². The molecule has 6 nitrogen and oxygen atoms in total. The van der Waals surface area contributed by atoms with E-state index in [1.165, 1.54) is 0 Å². The zero-order valence-corrected chi connectivity index (χ0v) is 15.3. The second-order valence-corrected chi connectivity index (χ2v) is 6.92. The molecule has 24 heavy (non-hydrogen) atoms. The van der Waals surface area contributed by atoms with E-state index in [1.54, 1.807) is 23.9 Å². The number of nitrogens with zero attached hydrogens (tertiary/aromatic N) is 5. The molecule has 0 amide bonds. The van der Waals surface area contributed by atoms with Gasteiger partial charge in [-0.2, -0.15) is 0 Å². The zero-order chi connectivity index (χ0) is 17.1. The third-order valence-corrected chi connectivity index (χ3v) is 4.66. The second-order valence-electron chi connectivity index (χ2n) is 5.54. The second kappa shape index (κ2) is 7.36. The van der Waals surface area contributed by atoms with Gasteiger partial charge in [0.15, 0.2) is 5.16 Å². The molecule has 0 saturated heterocycles. The van der Waals surface area contributed by atoms with Crippen molar-refractivity contribution < 1.29 is 4.42 Å². The van der Waals surface area contributed by atoms with Gasteiger partial charge in [-0.25, -0.2) is 0 Å². The predicted octanol–water partition coefficient (Wildman–Crippen LogP) is 4.42. The van der Waals surface area contributed by atoms with Gasteiger partial charge in [0.05, 0.1) is 5.75 Å². The van der Waals surface area contributed by atoms with E-state index >= 15 is 0 Å². The molecule has 0 aliphatic heterocycles. The van der Waals surface area contributed by atoms with Gasteiger partial charge < -0.3 is 8.98 Å². The van der Waals surface area contributed by atoms with Crippen LogP contribution >= 0.6 is 23.4 Å². The number of rotatable bonds is 6. The van der Waals surface area contributed by atoms with Crippen molar-refractivity contribution in [1.82, 2.24) is 25.0 Å². The predicted molar refractivity (Wildman–Crippen MR) is 94.1 cm³/mol. The number of halogens is 1. The van der Waals surface area contributed by atoms with Crippen molar-refractivity contribution in [3.8, 4) is 11.5 Å². The van der Waals surface area contributed by atoms with Crippen LogP contribution in [0.2, 0.25) is 5.02 Å². The summed E-state index contributed by atoms with van der Waals surface area (Å²) < 4.78 is 7.83. The lowest BCUT2D eigenvalue weighted by Crippen LogP contribution is -2.04. The molecule has 0 aliphatic rings. The molecule has 0 unspecified atom stereocenters. The van der Waals surface area contributed by atoms with E-state index in [-0.39, 0.29) is 0 Å². The molecule has 0 spiro atoms. The maximum atomic E-state index is 5.89. The summed E-state index contributed by atoms with van der Waals surface area (Å²) in [7, 11) is 0. The van der Waals surface area contributed by atoms with Crippen LogP contribution in [0.1, 0.15) is 38.4 Å². The molecule has 0 fully saturated rings. The van der Waals surface area contributed by atoms with Gasteiger partial charge in [-0.1, -0.05) is 37.2 Å². The molecule has 126 valence electrons. The fraction of sp³-hybridized carbons (Fsp3) is 0.375. The molecular formula is C16H18ClN5OS. The van der Waals surface area contributed by atoms with Crippen LogP contribution in [0, 0.1) is 0 Å². The Morgan fingerprint density at radius 2 is 1.88 bits per heavy atom. The first kappa shape index (κ1) is 17.0. The van der Waals surface area contributed by atoms with Crippen LogP contribution < -0.4 is 0 Å². The molecule has 8 heteroatoms. The van der Waals surface area contributed by atoms with Crippen molar-refractivity contribution in [2.75, 3.05) is 0 Å². The smallest absolute Gasteiger partial charge is 0.247 e. The highest BCUT2D eigenvalue weighted by Crippen LogP contribution is 2.26. The molecule has 3 aromatic rings. The van der Waals surface area contributed by atoms with Gasteiger partial charge in [-0.15, -0.1) is 20.4 Å². The van der Waals surface area contributed by atoms with Crippen molar-refractivity contribution in [2.45, 2.75) is 44.1 Å². The van der Waals surface area contributed by atoms with Crippen LogP contribution in [-0.4, -0.2) is 25.0 Å². The Labute approximate surface area is 149 Å². The van der Waals surface area contributed by atoms with Crippen molar-refractivity contribution in [2.24, 2.45) is 0 Å². The summed E-state index contributed by atoms with van der Waals surface area (Å²) in [4.78, 5) is 0. The highest BCUT2D eigenvalue weighted by molar-refractivity contribution is 7.98. The first-order valence-electron chi connectivity index (χ1n) is 7.72. The highest BCUT2D eigenvalue weighted by atomic mass is 35.5. The highest BCUT2D eigenvalue weighted by Gasteiger charge is 2.15.